The largest absolute Gasteiger partial charge is 0.373 e. The van der Waals surface area contributed by atoms with Gasteiger partial charge in [-0.2, -0.15) is 0 Å². The molecule has 2 aromatic rings. The molecule has 6 nitrogen and oxygen atoms in total. The fraction of sp³-hybridized carbons (Fsp3) is 0.481. The highest BCUT2D eigenvalue weighted by atomic mass is 17.3. The third-order valence-electron chi connectivity index (χ3n) is 6.06. The van der Waals surface area contributed by atoms with E-state index in [0.29, 0.717) is 24.0 Å². The van der Waals surface area contributed by atoms with E-state index in [1.165, 1.54) is 0 Å². The second-order valence-electron chi connectivity index (χ2n) is 8.52. The van der Waals surface area contributed by atoms with Gasteiger partial charge in [-0.15, -0.1) is 9.78 Å². The van der Waals surface area contributed by atoms with E-state index >= 15 is 0 Å². The summed E-state index contributed by atoms with van der Waals surface area (Å²) in [6.45, 7) is 10.0. The number of carbonyl (C=O) groups excluding carboxylic acids is 2. The van der Waals surface area contributed by atoms with Crippen molar-refractivity contribution in [2.24, 2.45) is 5.41 Å². The zero-order valence-corrected chi connectivity index (χ0v) is 20.4. The summed E-state index contributed by atoms with van der Waals surface area (Å²) in [6, 6.07) is 14.4. The van der Waals surface area contributed by atoms with Gasteiger partial charge in [0.1, 0.15) is 0 Å². The van der Waals surface area contributed by atoms with E-state index in [4.69, 9.17) is 19.6 Å². The van der Waals surface area contributed by atoms with Crippen LogP contribution in [0.5, 0.6) is 0 Å². The van der Waals surface area contributed by atoms with Crippen molar-refractivity contribution in [2.75, 3.05) is 0 Å². The van der Waals surface area contributed by atoms with Crippen LogP contribution in [0.25, 0.3) is 0 Å². The van der Waals surface area contributed by atoms with Gasteiger partial charge in [0.25, 0.3) is 6.29 Å². The first kappa shape index (κ1) is 26.6. The third kappa shape index (κ3) is 7.69. The van der Waals surface area contributed by atoms with Crippen LogP contribution in [-0.4, -0.2) is 18.2 Å². The smallest absolute Gasteiger partial charge is 0.290 e. The summed E-state index contributed by atoms with van der Waals surface area (Å²) in [4.78, 5) is 45.8. The molecule has 0 fully saturated rings. The van der Waals surface area contributed by atoms with E-state index in [-0.39, 0.29) is 0 Å². The summed E-state index contributed by atoms with van der Waals surface area (Å²) >= 11 is 0. The molecule has 0 aliphatic carbocycles. The molecule has 0 aliphatic heterocycles. The molecule has 6 heteroatoms. The van der Waals surface area contributed by atoms with Crippen LogP contribution in [0.3, 0.4) is 0 Å². The summed E-state index contributed by atoms with van der Waals surface area (Å²) in [5, 5.41) is 0. The third-order valence-corrected chi connectivity index (χ3v) is 6.06. The van der Waals surface area contributed by atoms with Crippen LogP contribution in [0.4, 0.5) is 0 Å². The van der Waals surface area contributed by atoms with Gasteiger partial charge in [0.05, 0.1) is 11.1 Å². The van der Waals surface area contributed by atoms with Crippen molar-refractivity contribution in [2.45, 2.75) is 79.4 Å². The first-order valence-electron chi connectivity index (χ1n) is 11.8. The van der Waals surface area contributed by atoms with Gasteiger partial charge in [-0.3, -0.25) is 9.78 Å². The lowest BCUT2D eigenvalue weighted by molar-refractivity contribution is -0.445. The molecule has 2 rings (SSSR count). The molecule has 0 aromatic heterocycles. The highest BCUT2D eigenvalue weighted by molar-refractivity contribution is 5.89. The van der Waals surface area contributed by atoms with Crippen LogP contribution in [0, 0.1) is 5.41 Å². The predicted molar refractivity (Wildman–Crippen MR) is 126 cm³/mol. The molecule has 0 amide bonds. The van der Waals surface area contributed by atoms with Gasteiger partial charge in [0.2, 0.25) is 0 Å². The van der Waals surface area contributed by atoms with Crippen LogP contribution in [-0.2, 0) is 32.4 Å². The Morgan fingerprint density at radius 2 is 1.06 bits per heavy atom. The lowest BCUT2D eigenvalue weighted by atomic mass is 9.84. The highest BCUT2D eigenvalue weighted by Gasteiger charge is 2.37. The number of hydrogen-bond acceptors (Lipinski definition) is 6. The van der Waals surface area contributed by atoms with Crippen LogP contribution in [0.1, 0.15) is 92.1 Å². The quantitative estimate of drug-likeness (QED) is 0.192. The van der Waals surface area contributed by atoms with Gasteiger partial charge < -0.3 is 0 Å². The van der Waals surface area contributed by atoms with Crippen molar-refractivity contribution < 1.29 is 29.1 Å². The first-order chi connectivity index (χ1) is 15.9. The fourth-order valence-electron chi connectivity index (χ4n) is 3.30. The van der Waals surface area contributed by atoms with E-state index in [0.717, 1.165) is 36.8 Å². The van der Waals surface area contributed by atoms with Crippen molar-refractivity contribution in [3.63, 3.8) is 0 Å². The topological polar surface area (TPSA) is 71.1 Å². The van der Waals surface area contributed by atoms with Crippen molar-refractivity contribution in [1.29, 1.82) is 0 Å². The Morgan fingerprint density at radius 3 is 1.36 bits per heavy atom. The molecular weight excluding hydrogens is 420 g/mol. The molecule has 0 bridgehead atoms. The molecule has 0 spiro atoms. The molecule has 0 atom stereocenters. The summed E-state index contributed by atoms with van der Waals surface area (Å²) < 4.78 is 0. The van der Waals surface area contributed by atoms with E-state index in [1.54, 1.807) is 24.3 Å². The van der Waals surface area contributed by atoms with E-state index in [2.05, 4.69) is 13.8 Å². The molecule has 0 saturated heterocycles. The Labute approximate surface area is 197 Å². The molecule has 0 unspecified atom stereocenters. The number of aryl methyl sites for hydroxylation is 2. The molecule has 0 saturated carbocycles. The van der Waals surface area contributed by atoms with Crippen molar-refractivity contribution >= 4 is 11.9 Å². The Kier molecular flexibility index (Phi) is 10.6. The molecule has 0 radical (unpaired) electrons. The van der Waals surface area contributed by atoms with Gasteiger partial charge in [-0.05, 0) is 61.1 Å². The molecular formula is C27H36O6. The summed E-state index contributed by atoms with van der Waals surface area (Å²) in [5.74, 6) is -1.28. The summed E-state index contributed by atoms with van der Waals surface area (Å²) in [5.41, 5.74) is 2.49. The van der Waals surface area contributed by atoms with Crippen LogP contribution >= 0.6 is 0 Å². The molecule has 0 N–H and O–H groups in total. The summed E-state index contributed by atoms with van der Waals surface area (Å²) in [6.07, 6.45) is 4.17. The minimum Gasteiger partial charge on any atom is -0.290 e. The normalized spacial score (nSPS) is 11.5. The second kappa shape index (κ2) is 13.1. The second-order valence-corrected chi connectivity index (χ2v) is 8.52. The maximum Gasteiger partial charge on any atom is 0.373 e. The zero-order chi connectivity index (χ0) is 24.3. The van der Waals surface area contributed by atoms with Crippen molar-refractivity contribution in [3.8, 4) is 0 Å². The SMILES string of the molecule is CCCc1ccc(C(=O)OOC(OOC(=O)c2ccc(CCC)cc2)C(C)(CC)CC)cc1. The number of benzene rings is 2. The molecule has 33 heavy (non-hydrogen) atoms. The number of rotatable bonds is 13. The van der Waals surface area contributed by atoms with Gasteiger partial charge in [0.15, 0.2) is 0 Å². The average molecular weight is 457 g/mol. The predicted octanol–water partition coefficient (Wildman–Crippen LogP) is 6.62. The maximum atomic E-state index is 12.5. The van der Waals surface area contributed by atoms with Crippen molar-refractivity contribution in [1.82, 2.24) is 0 Å². The van der Waals surface area contributed by atoms with Gasteiger partial charge in [-0.1, -0.05) is 71.7 Å². The Balaban J connectivity index is 2.02. The Hall–Kier alpha value is -2.70. The van der Waals surface area contributed by atoms with Crippen LogP contribution in [0.15, 0.2) is 48.5 Å². The lowest BCUT2D eigenvalue weighted by Crippen LogP contribution is -2.37. The summed E-state index contributed by atoms with van der Waals surface area (Å²) in [7, 11) is 0. The molecule has 0 heterocycles. The lowest BCUT2D eigenvalue weighted by Gasteiger charge is -2.32. The monoisotopic (exact) mass is 456 g/mol. The number of hydrogen-bond donors (Lipinski definition) is 0. The molecule has 0 aliphatic rings. The minimum atomic E-state index is -1.08. The van der Waals surface area contributed by atoms with Crippen LogP contribution in [0.2, 0.25) is 0 Å². The maximum absolute atomic E-state index is 12.5. The van der Waals surface area contributed by atoms with E-state index in [1.807, 2.05) is 45.0 Å². The zero-order valence-electron chi connectivity index (χ0n) is 20.4. The number of carbonyl (C=O) groups is 2. The fourth-order valence-corrected chi connectivity index (χ4v) is 3.30. The van der Waals surface area contributed by atoms with E-state index in [9.17, 15) is 9.59 Å². The molecule has 2 aromatic carbocycles. The standard InChI is InChI=1S/C27H36O6/c1-6-10-20-12-16-22(17-13-20)24(28)30-32-26(27(5,8-3)9-4)33-31-25(29)23-18-14-21(11-7-2)15-19-23/h12-19,26H,6-11H2,1-5H3. The van der Waals surface area contributed by atoms with Gasteiger partial charge >= 0.3 is 11.9 Å². The molecule has 180 valence electrons. The Bertz CT molecular complexity index is 803. The Morgan fingerprint density at radius 1 is 0.697 bits per heavy atom. The average Bonchev–Trinajstić information content (AvgIpc) is 2.84. The van der Waals surface area contributed by atoms with Gasteiger partial charge in [0, 0.05) is 5.41 Å². The van der Waals surface area contributed by atoms with E-state index < -0.39 is 23.6 Å². The first-order valence-corrected chi connectivity index (χ1v) is 11.8. The minimum absolute atomic E-state index is 0.368. The van der Waals surface area contributed by atoms with Crippen LogP contribution < -0.4 is 0 Å². The highest BCUT2D eigenvalue weighted by Crippen LogP contribution is 2.33. The van der Waals surface area contributed by atoms with Crippen molar-refractivity contribution in [3.05, 3.63) is 70.8 Å². The van der Waals surface area contributed by atoms with Gasteiger partial charge in [-0.25, -0.2) is 9.59 Å².